The normalized spacial score (nSPS) is 15.4. The maximum absolute atomic E-state index is 5.75. The van der Waals surface area contributed by atoms with E-state index in [1.54, 1.807) is 0 Å². The molecular weight excluding hydrogens is 200 g/mol. The van der Waals surface area contributed by atoms with Crippen molar-refractivity contribution in [2.24, 2.45) is 5.92 Å². The molecule has 88 valence electrons. The molecule has 0 unspecified atom stereocenters. The summed E-state index contributed by atoms with van der Waals surface area (Å²) in [6.07, 6.45) is 4.46. The van der Waals surface area contributed by atoms with Crippen LogP contribution in [-0.4, -0.2) is 16.5 Å². The molecule has 3 N–H and O–H groups in total. The molecule has 0 atom stereocenters. The zero-order chi connectivity index (χ0) is 11.5. The average Bonchev–Trinajstić information content (AvgIpc) is 2.41. The number of anilines is 2. The highest BCUT2D eigenvalue weighted by atomic mass is 15.1. The lowest BCUT2D eigenvalue weighted by Gasteiger charge is -2.13. The van der Waals surface area contributed by atoms with Crippen molar-refractivity contribution in [3.05, 3.63) is 11.3 Å². The largest absolute Gasteiger partial charge is 0.370 e. The van der Waals surface area contributed by atoms with E-state index in [1.165, 1.54) is 18.4 Å². The second-order valence-corrected chi connectivity index (χ2v) is 4.84. The van der Waals surface area contributed by atoms with Gasteiger partial charge >= 0.3 is 0 Å². The highest BCUT2D eigenvalue weighted by Crippen LogP contribution is 2.24. The predicted molar refractivity (Wildman–Crippen MR) is 66.4 cm³/mol. The summed E-state index contributed by atoms with van der Waals surface area (Å²) in [7, 11) is 0. The Morgan fingerprint density at radius 1 is 1.31 bits per heavy atom. The van der Waals surface area contributed by atoms with Crippen LogP contribution in [0.1, 0.15) is 37.9 Å². The van der Waals surface area contributed by atoms with E-state index >= 15 is 0 Å². The first kappa shape index (κ1) is 11.2. The number of rotatable bonds is 2. The van der Waals surface area contributed by atoms with Crippen LogP contribution in [0.15, 0.2) is 0 Å². The van der Waals surface area contributed by atoms with E-state index in [4.69, 9.17) is 5.73 Å². The maximum atomic E-state index is 5.75. The quantitative estimate of drug-likeness (QED) is 0.800. The van der Waals surface area contributed by atoms with E-state index in [1.807, 2.05) is 0 Å². The fourth-order valence-corrected chi connectivity index (χ4v) is 2.15. The Balaban J connectivity index is 2.38. The Morgan fingerprint density at radius 3 is 2.88 bits per heavy atom. The summed E-state index contributed by atoms with van der Waals surface area (Å²) in [5.41, 5.74) is 8.16. The first-order valence-corrected chi connectivity index (χ1v) is 6.06. The first-order valence-electron chi connectivity index (χ1n) is 6.06. The van der Waals surface area contributed by atoms with Gasteiger partial charge in [0.1, 0.15) is 5.82 Å². The number of nitrogens with one attached hydrogen (secondary N) is 1. The Morgan fingerprint density at radius 2 is 2.12 bits per heavy atom. The number of nitrogen functional groups attached to an aromatic ring is 1. The zero-order valence-corrected chi connectivity index (χ0v) is 10.1. The molecule has 2 heterocycles. The lowest BCUT2D eigenvalue weighted by molar-refractivity contribution is 0.627. The van der Waals surface area contributed by atoms with E-state index in [0.717, 1.165) is 30.9 Å². The summed E-state index contributed by atoms with van der Waals surface area (Å²) < 4.78 is 0. The van der Waals surface area contributed by atoms with Crippen molar-refractivity contribution in [1.82, 2.24) is 9.97 Å². The molecule has 1 aromatic rings. The van der Waals surface area contributed by atoms with Gasteiger partial charge < -0.3 is 11.1 Å². The van der Waals surface area contributed by atoms with Gasteiger partial charge in [0.15, 0.2) is 0 Å². The van der Waals surface area contributed by atoms with Gasteiger partial charge in [-0.2, -0.15) is 4.98 Å². The molecule has 0 bridgehead atoms. The minimum atomic E-state index is 0.392. The second-order valence-electron chi connectivity index (χ2n) is 4.84. The number of hydrogen-bond acceptors (Lipinski definition) is 4. The van der Waals surface area contributed by atoms with E-state index in [2.05, 4.69) is 29.1 Å². The number of hydrogen-bond donors (Lipinski definition) is 2. The van der Waals surface area contributed by atoms with Crippen LogP contribution < -0.4 is 11.1 Å². The van der Waals surface area contributed by atoms with Crippen molar-refractivity contribution < 1.29 is 0 Å². The van der Waals surface area contributed by atoms with Gasteiger partial charge in [-0.1, -0.05) is 13.8 Å². The third-order valence-electron chi connectivity index (χ3n) is 2.86. The van der Waals surface area contributed by atoms with Gasteiger partial charge in [0, 0.05) is 12.1 Å². The van der Waals surface area contributed by atoms with Crippen LogP contribution in [0.4, 0.5) is 11.8 Å². The third kappa shape index (κ3) is 2.43. The van der Waals surface area contributed by atoms with Crippen LogP contribution in [0, 0.1) is 5.92 Å². The summed E-state index contributed by atoms with van der Waals surface area (Å²) in [4.78, 5) is 8.69. The Hall–Kier alpha value is -1.32. The molecule has 2 rings (SSSR count). The third-order valence-corrected chi connectivity index (χ3v) is 2.86. The molecule has 0 aliphatic carbocycles. The summed E-state index contributed by atoms with van der Waals surface area (Å²) in [6, 6.07) is 0. The van der Waals surface area contributed by atoms with Crippen molar-refractivity contribution in [2.45, 2.75) is 39.5 Å². The molecule has 4 nitrogen and oxygen atoms in total. The topological polar surface area (TPSA) is 63.8 Å². The molecule has 16 heavy (non-hydrogen) atoms. The highest BCUT2D eigenvalue weighted by Gasteiger charge is 2.16. The van der Waals surface area contributed by atoms with E-state index < -0.39 is 0 Å². The zero-order valence-electron chi connectivity index (χ0n) is 10.1. The fourth-order valence-electron chi connectivity index (χ4n) is 2.15. The smallest absolute Gasteiger partial charge is 0.222 e. The van der Waals surface area contributed by atoms with Crippen molar-refractivity contribution in [1.29, 1.82) is 0 Å². The molecular formula is C12H20N4. The van der Waals surface area contributed by atoms with E-state index in [9.17, 15) is 0 Å². The van der Waals surface area contributed by atoms with E-state index in [-0.39, 0.29) is 0 Å². The summed E-state index contributed by atoms with van der Waals surface area (Å²) in [5, 5.41) is 3.35. The van der Waals surface area contributed by atoms with Gasteiger partial charge in [-0.3, -0.25) is 0 Å². The SMILES string of the molecule is CC(C)Cc1nc(N)nc2c1CCCCN2. The van der Waals surface area contributed by atoms with Crippen LogP contribution in [0.25, 0.3) is 0 Å². The van der Waals surface area contributed by atoms with Crippen LogP contribution in [0.2, 0.25) is 0 Å². The van der Waals surface area contributed by atoms with Crippen LogP contribution in [-0.2, 0) is 12.8 Å². The lowest BCUT2D eigenvalue weighted by Crippen LogP contribution is -2.11. The van der Waals surface area contributed by atoms with Crippen molar-refractivity contribution in [3.63, 3.8) is 0 Å². The van der Waals surface area contributed by atoms with Crippen LogP contribution in [0.3, 0.4) is 0 Å². The van der Waals surface area contributed by atoms with Gasteiger partial charge in [0.2, 0.25) is 5.95 Å². The molecule has 0 saturated heterocycles. The molecule has 0 aromatic carbocycles. The molecule has 1 aliphatic heterocycles. The maximum Gasteiger partial charge on any atom is 0.222 e. The Bertz CT molecular complexity index is 374. The van der Waals surface area contributed by atoms with Crippen LogP contribution in [0.5, 0.6) is 0 Å². The van der Waals surface area contributed by atoms with Gasteiger partial charge in [-0.05, 0) is 31.6 Å². The lowest BCUT2D eigenvalue weighted by atomic mass is 10.0. The minimum absolute atomic E-state index is 0.392. The fraction of sp³-hybridized carbons (Fsp3) is 0.667. The molecule has 0 radical (unpaired) electrons. The number of aromatic nitrogens is 2. The molecule has 0 fully saturated rings. The van der Waals surface area contributed by atoms with Crippen LogP contribution >= 0.6 is 0 Å². The standard InChI is InChI=1S/C12H20N4/c1-8(2)7-10-9-5-3-4-6-14-11(9)16-12(13)15-10/h8H,3-7H2,1-2H3,(H3,13,14,15,16). The highest BCUT2D eigenvalue weighted by molar-refractivity contribution is 5.50. The summed E-state index contributed by atoms with van der Waals surface area (Å²) in [5.74, 6) is 1.95. The molecule has 0 spiro atoms. The monoisotopic (exact) mass is 220 g/mol. The number of fused-ring (bicyclic) bond motifs is 1. The van der Waals surface area contributed by atoms with Gasteiger partial charge in [0.25, 0.3) is 0 Å². The van der Waals surface area contributed by atoms with Gasteiger partial charge in [-0.15, -0.1) is 0 Å². The number of nitrogens with two attached hydrogens (primary N) is 1. The Labute approximate surface area is 96.7 Å². The van der Waals surface area contributed by atoms with Gasteiger partial charge in [-0.25, -0.2) is 4.98 Å². The Kier molecular flexibility index (Phi) is 3.27. The minimum Gasteiger partial charge on any atom is -0.370 e. The second kappa shape index (κ2) is 4.68. The molecule has 1 aliphatic rings. The first-order chi connectivity index (χ1) is 7.66. The average molecular weight is 220 g/mol. The van der Waals surface area contributed by atoms with Gasteiger partial charge in [0.05, 0.1) is 5.69 Å². The summed E-state index contributed by atoms with van der Waals surface area (Å²) >= 11 is 0. The molecule has 0 amide bonds. The van der Waals surface area contributed by atoms with Crippen molar-refractivity contribution in [3.8, 4) is 0 Å². The van der Waals surface area contributed by atoms with Crippen molar-refractivity contribution in [2.75, 3.05) is 17.6 Å². The van der Waals surface area contributed by atoms with E-state index in [0.29, 0.717) is 11.9 Å². The predicted octanol–water partition coefficient (Wildman–Crippen LogP) is 2.01. The summed E-state index contributed by atoms with van der Waals surface area (Å²) in [6.45, 7) is 5.40. The van der Waals surface area contributed by atoms with Crippen molar-refractivity contribution >= 4 is 11.8 Å². The molecule has 0 saturated carbocycles. The number of nitrogens with zero attached hydrogens (tertiary/aromatic N) is 2. The molecule has 1 aromatic heterocycles. The molecule has 4 heteroatoms.